The number of benzene rings is 2. The molecule has 1 fully saturated rings. The molecule has 6 nitrogen and oxygen atoms in total. The summed E-state index contributed by atoms with van der Waals surface area (Å²) >= 11 is 3.36. The van der Waals surface area contributed by atoms with Gasteiger partial charge in [-0.1, -0.05) is 12.1 Å². The highest BCUT2D eigenvalue weighted by Crippen LogP contribution is 2.26. The normalized spacial score (nSPS) is 17.3. The molecule has 30 heavy (non-hydrogen) atoms. The van der Waals surface area contributed by atoms with E-state index in [2.05, 4.69) is 44.7 Å². The number of rotatable bonds is 7. The van der Waals surface area contributed by atoms with Crippen LogP contribution in [0, 0.1) is 12.8 Å². The van der Waals surface area contributed by atoms with E-state index in [0.717, 1.165) is 25.1 Å². The van der Waals surface area contributed by atoms with Gasteiger partial charge in [-0.2, -0.15) is 0 Å². The van der Waals surface area contributed by atoms with Crippen LogP contribution in [0.25, 0.3) is 0 Å². The van der Waals surface area contributed by atoms with Crippen molar-refractivity contribution in [3.63, 3.8) is 0 Å². The summed E-state index contributed by atoms with van der Waals surface area (Å²) in [6.07, 6.45) is 1.06. The predicted molar refractivity (Wildman–Crippen MR) is 123 cm³/mol. The summed E-state index contributed by atoms with van der Waals surface area (Å²) in [7, 11) is -3.82. The summed E-state index contributed by atoms with van der Waals surface area (Å²) in [5.41, 5.74) is 1.73. The Balaban J connectivity index is 1.67. The summed E-state index contributed by atoms with van der Waals surface area (Å²) in [5.74, 6) is 0.162. The first kappa shape index (κ1) is 22.8. The summed E-state index contributed by atoms with van der Waals surface area (Å²) in [5, 5.41) is 2.96. The van der Waals surface area contributed by atoms with Crippen molar-refractivity contribution in [2.45, 2.75) is 38.1 Å². The monoisotopic (exact) mass is 493 g/mol. The molecule has 0 spiro atoms. The highest BCUT2D eigenvalue weighted by molar-refractivity contribution is 9.10. The number of likely N-dealkylation sites (tertiary alicyclic amines) is 1. The van der Waals surface area contributed by atoms with E-state index >= 15 is 0 Å². The van der Waals surface area contributed by atoms with Gasteiger partial charge in [0.25, 0.3) is 15.9 Å². The Morgan fingerprint density at radius 2 is 2.00 bits per heavy atom. The van der Waals surface area contributed by atoms with Gasteiger partial charge in [-0.15, -0.1) is 0 Å². The largest absolute Gasteiger partial charge is 0.352 e. The second kappa shape index (κ2) is 9.49. The first-order valence-corrected chi connectivity index (χ1v) is 12.3. The van der Waals surface area contributed by atoms with E-state index in [1.807, 2.05) is 13.0 Å². The molecular weight excluding hydrogens is 466 g/mol. The topological polar surface area (TPSA) is 78.5 Å². The molecule has 0 radical (unpaired) electrons. The van der Waals surface area contributed by atoms with Gasteiger partial charge in [-0.05, 0) is 91.5 Å². The standard InChI is InChI=1S/C22H28BrN3O3S/c1-15(2)26-10-9-17(14-26)13-24-22(27)18-5-4-6-19(12-18)30(28,29)25-21-11-16(3)7-8-20(21)23/h4-8,11-12,15,17,25H,9-10,13-14H2,1-3H3,(H,24,27). The van der Waals surface area contributed by atoms with Crippen molar-refractivity contribution in [2.75, 3.05) is 24.4 Å². The maximum Gasteiger partial charge on any atom is 0.261 e. The van der Waals surface area contributed by atoms with Gasteiger partial charge in [0.05, 0.1) is 10.6 Å². The Morgan fingerprint density at radius 3 is 2.70 bits per heavy atom. The predicted octanol–water partition coefficient (Wildman–Crippen LogP) is 4.02. The summed E-state index contributed by atoms with van der Waals surface area (Å²) in [4.78, 5) is 15.1. The quantitative estimate of drug-likeness (QED) is 0.610. The molecule has 1 saturated heterocycles. The Labute approximate surface area is 187 Å². The van der Waals surface area contributed by atoms with Crippen LogP contribution in [-0.4, -0.2) is 44.9 Å². The maximum absolute atomic E-state index is 12.8. The van der Waals surface area contributed by atoms with E-state index in [4.69, 9.17) is 0 Å². The van der Waals surface area contributed by atoms with Crippen molar-refractivity contribution in [3.8, 4) is 0 Å². The second-order valence-electron chi connectivity index (χ2n) is 8.07. The van der Waals surface area contributed by atoms with E-state index < -0.39 is 10.0 Å². The van der Waals surface area contributed by atoms with Crippen molar-refractivity contribution in [1.29, 1.82) is 0 Å². The van der Waals surface area contributed by atoms with Crippen LogP contribution in [0.3, 0.4) is 0 Å². The number of sulfonamides is 1. The fourth-order valence-corrected chi connectivity index (χ4v) is 5.16. The lowest BCUT2D eigenvalue weighted by atomic mass is 10.1. The number of nitrogens with one attached hydrogen (secondary N) is 2. The number of nitrogens with zero attached hydrogens (tertiary/aromatic N) is 1. The van der Waals surface area contributed by atoms with Gasteiger partial charge in [0.1, 0.15) is 0 Å². The van der Waals surface area contributed by atoms with Gasteiger partial charge < -0.3 is 10.2 Å². The molecule has 1 aliphatic rings. The fourth-order valence-electron chi connectivity index (χ4n) is 3.56. The number of carbonyl (C=O) groups excluding carboxylic acids is 1. The number of halogens is 1. The molecule has 1 heterocycles. The van der Waals surface area contributed by atoms with Crippen molar-refractivity contribution < 1.29 is 13.2 Å². The third kappa shape index (κ3) is 5.62. The van der Waals surface area contributed by atoms with Gasteiger partial charge >= 0.3 is 0 Å². The zero-order chi connectivity index (χ0) is 21.9. The SMILES string of the molecule is Cc1ccc(Br)c(NS(=O)(=O)c2cccc(C(=O)NCC3CCN(C(C)C)C3)c2)c1. The molecule has 2 aromatic carbocycles. The number of anilines is 1. The second-order valence-corrected chi connectivity index (χ2v) is 10.6. The molecule has 8 heteroatoms. The van der Waals surface area contributed by atoms with Gasteiger partial charge in [-0.3, -0.25) is 9.52 Å². The molecule has 1 aliphatic heterocycles. The Morgan fingerprint density at radius 1 is 1.23 bits per heavy atom. The first-order valence-electron chi connectivity index (χ1n) is 10.1. The molecule has 2 N–H and O–H groups in total. The molecule has 0 saturated carbocycles. The Hall–Kier alpha value is -1.90. The average Bonchev–Trinajstić information content (AvgIpc) is 3.18. The van der Waals surface area contributed by atoms with E-state index in [1.54, 1.807) is 24.3 Å². The van der Waals surface area contributed by atoms with Crippen LogP contribution in [-0.2, 0) is 10.0 Å². The molecular formula is C22H28BrN3O3S. The fraction of sp³-hybridized carbons (Fsp3) is 0.409. The average molecular weight is 494 g/mol. The Bertz CT molecular complexity index is 1020. The van der Waals surface area contributed by atoms with E-state index in [9.17, 15) is 13.2 Å². The minimum atomic E-state index is -3.82. The van der Waals surface area contributed by atoms with Gasteiger partial charge in [0.2, 0.25) is 0 Å². The Kier molecular flexibility index (Phi) is 7.21. The summed E-state index contributed by atoms with van der Waals surface area (Å²) < 4.78 is 28.9. The third-order valence-corrected chi connectivity index (χ3v) is 7.43. The van der Waals surface area contributed by atoms with Crippen LogP contribution in [0.5, 0.6) is 0 Å². The lowest BCUT2D eigenvalue weighted by molar-refractivity contribution is 0.0947. The summed E-state index contributed by atoms with van der Waals surface area (Å²) in [6.45, 7) is 8.85. The van der Waals surface area contributed by atoms with Crippen molar-refractivity contribution >= 4 is 37.5 Å². The number of hydrogen-bond donors (Lipinski definition) is 2. The van der Waals surface area contributed by atoms with Crippen molar-refractivity contribution in [1.82, 2.24) is 10.2 Å². The molecule has 3 rings (SSSR count). The maximum atomic E-state index is 12.8. The van der Waals surface area contributed by atoms with Crippen LogP contribution in [0.1, 0.15) is 36.2 Å². The smallest absolute Gasteiger partial charge is 0.261 e. The van der Waals surface area contributed by atoms with E-state index in [0.29, 0.717) is 34.2 Å². The third-order valence-electron chi connectivity index (χ3n) is 5.37. The highest BCUT2D eigenvalue weighted by Gasteiger charge is 2.25. The molecule has 1 atom stereocenters. The van der Waals surface area contributed by atoms with Crippen molar-refractivity contribution in [3.05, 3.63) is 58.1 Å². The van der Waals surface area contributed by atoms with Gasteiger partial charge in [-0.25, -0.2) is 8.42 Å². The highest BCUT2D eigenvalue weighted by atomic mass is 79.9. The van der Waals surface area contributed by atoms with Gasteiger partial charge in [0.15, 0.2) is 0 Å². The molecule has 0 aromatic heterocycles. The van der Waals surface area contributed by atoms with Crippen LogP contribution in [0.15, 0.2) is 51.8 Å². The number of amides is 1. The zero-order valence-corrected chi connectivity index (χ0v) is 19.9. The van der Waals surface area contributed by atoms with Crippen LogP contribution in [0.2, 0.25) is 0 Å². The molecule has 162 valence electrons. The lowest BCUT2D eigenvalue weighted by Crippen LogP contribution is -2.33. The van der Waals surface area contributed by atoms with Crippen LogP contribution >= 0.6 is 15.9 Å². The molecule has 0 bridgehead atoms. The zero-order valence-electron chi connectivity index (χ0n) is 17.5. The number of aryl methyl sites for hydroxylation is 1. The number of carbonyl (C=O) groups is 1. The van der Waals surface area contributed by atoms with Crippen molar-refractivity contribution in [2.24, 2.45) is 5.92 Å². The van der Waals surface area contributed by atoms with Gasteiger partial charge in [0, 0.05) is 29.2 Å². The molecule has 0 aliphatic carbocycles. The van der Waals surface area contributed by atoms with E-state index in [-0.39, 0.29) is 10.8 Å². The first-order chi connectivity index (χ1) is 14.2. The minimum Gasteiger partial charge on any atom is -0.352 e. The molecule has 2 aromatic rings. The van der Waals surface area contributed by atoms with Crippen LogP contribution < -0.4 is 10.0 Å². The summed E-state index contributed by atoms with van der Waals surface area (Å²) in [6, 6.07) is 12.1. The molecule has 1 unspecified atom stereocenters. The van der Waals surface area contributed by atoms with Crippen LogP contribution in [0.4, 0.5) is 5.69 Å². The molecule has 1 amide bonds. The lowest BCUT2D eigenvalue weighted by Gasteiger charge is -2.20. The minimum absolute atomic E-state index is 0.0513. The van der Waals surface area contributed by atoms with E-state index in [1.165, 1.54) is 12.1 Å². The number of hydrogen-bond acceptors (Lipinski definition) is 4.